The highest BCUT2D eigenvalue weighted by Gasteiger charge is 2.11. The summed E-state index contributed by atoms with van der Waals surface area (Å²) in [6.07, 6.45) is 1.73. The van der Waals surface area contributed by atoms with E-state index < -0.39 is 0 Å². The van der Waals surface area contributed by atoms with Gasteiger partial charge in [0.05, 0.1) is 12.2 Å². The lowest BCUT2D eigenvalue weighted by Crippen LogP contribution is -2.16. The average molecular weight is 347 g/mol. The lowest BCUT2D eigenvalue weighted by atomic mass is 10.1. The number of pyridine rings is 1. The number of hydrogen-bond donors (Lipinski definition) is 2. The molecular formula is C20H21N5O. The molecule has 6 heteroatoms. The summed E-state index contributed by atoms with van der Waals surface area (Å²) in [7, 11) is 0. The molecule has 2 N–H and O–H groups in total. The fraction of sp³-hybridized carbons (Fsp3) is 0.200. The van der Waals surface area contributed by atoms with Crippen LogP contribution in [0.3, 0.4) is 0 Å². The van der Waals surface area contributed by atoms with Crippen molar-refractivity contribution in [2.24, 2.45) is 0 Å². The number of benzene rings is 1. The van der Waals surface area contributed by atoms with Crippen molar-refractivity contribution >= 4 is 17.5 Å². The van der Waals surface area contributed by atoms with Crippen molar-refractivity contribution in [3.05, 3.63) is 76.9 Å². The molecule has 3 rings (SSSR count). The van der Waals surface area contributed by atoms with Crippen LogP contribution >= 0.6 is 0 Å². The Morgan fingerprint density at radius 1 is 1.00 bits per heavy atom. The van der Waals surface area contributed by atoms with E-state index in [1.807, 2.05) is 51.1 Å². The molecule has 6 nitrogen and oxygen atoms in total. The number of nitrogens with one attached hydrogen (secondary N) is 2. The number of aryl methyl sites for hydroxylation is 3. The van der Waals surface area contributed by atoms with Gasteiger partial charge in [0.15, 0.2) is 0 Å². The van der Waals surface area contributed by atoms with Crippen LogP contribution in [0.25, 0.3) is 0 Å². The zero-order chi connectivity index (χ0) is 18.5. The number of carbonyl (C=O) groups is 1. The Balaban J connectivity index is 1.74. The highest BCUT2D eigenvalue weighted by Crippen LogP contribution is 2.15. The molecule has 1 aromatic carbocycles. The van der Waals surface area contributed by atoms with Gasteiger partial charge in [-0.05, 0) is 62.2 Å². The molecule has 0 unspecified atom stereocenters. The predicted molar refractivity (Wildman–Crippen MR) is 102 cm³/mol. The van der Waals surface area contributed by atoms with E-state index in [0.717, 1.165) is 22.5 Å². The third kappa shape index (κ3) is 4.63. The van der Waals surface area contributed by atoms with E-state index in [1.54, 1.807) is 12.3 Å². The molecule has 132 valence electrons. The topological polar surface area (TPSA) is 79.8 Å². The van der Waals surface area contributed by atoms with Crippen molar-refractivity contribution in [3.8, 4) is 0 Å². The lowest BCUT2D eigenvalue weighted by molar-refractivity contribution is 0.102. The van der Waals surface area contributed by atoms with E-state index in [2.05, 4.69) is 31.7 Å². The smallest absolute Gasteiger partial charge is 0.274 e. The SMILES string of the molecule is Cc1cc(C)cc(NC(=O)c2cc(C)nc(NCc3ccccn3)n2)c1. The molecule has 2 heterocycles. The monoisotopic (exact) mass is 347 g/mol. The summed E-state index contributed by atoms with van der Waals surface area (Å²) in [5.74, 6) is 0.141. The zero-order valence-electron chi connectivity index (χ0n) is 15.1. The Kier molecular flexibility index (Phi) is 5.22. The van der Waals surface area contributed by atoms with Crippen LogP contribution in [0.2, 0.25) is 0 Å². The van der Waals surface area contributed by atoms with Gasteiger partial charge in [-0.25, -0.2) is 9.97 Å². The normalized spacial score (nSPS) is 10.4. The fourth-order valence-corrected chi connectivity index (χ4v) is 2.68. The molecule has 0 aliphatic carbocycles. The number of carbonyl (C=O) groups excluding carboxylic acids is 1. The van der Waals surface area contributed by atoms with Gasteiger partial charge in [0.2, 0.25) is 5.95 Å². The van der Waals surface area contributed by atoms with Crippen LogP contribution < -0.4 is 10.6 Å². The highest BCUT2D eigenvalue weighted by molar-refractivity contribution is 6.03. The van der Waals surface area contributed by atoms with Crippen LogP contribution in [-0.2, 0) is 6.54 Å². The van der Waals surface area contributed by atoms with Crippen molar-refractivity contribution in [2.75, 3.05) is 10.6 Å². The van der Waals surface area contributed by atoms with E-state index in [0.29, 0.717) is 23.9 Å². The minimum Gasteiger partial charge on any atom is -0.349 e. The van der Waals surface area contributed by atoms with Crippen LogP contribution in [0.1, 0.15) is 33.0 Å². The van der Waals surface area contributed by atoms with Crippen LogP contribution in [0, 0.1) is 20.8 Å². The predicted octanol–water partition coefficient (Wildman–Crippen LogP) is 3.66. The second-order valence-electron chi connectivity index (χ2n) is 6.22. The number of rotatable bonds is 5. The van der Waals surface area contributed by atoms with Gasteiger partial charge in [-0.15, -0.1) is 0 Å². The molecule has 26 heavy (non-hydrogen) atoms. The Labute approximate surface area is 152 Å². The molecule has 0 radical (unpaired) electrons. The first-order chi connectivity index (χ1) is 12.5. The first kappa shape index (κ1) is 17.5. The maximum absolute atomic E-state index is 12.6. The maximum Gasteiger partial charge on any atom is 0.274 e. The van der Waals surface area contributed by atoms with E-state index in [1.165, 1.54) is 0 Å². The van der Waals surface area contributed by atoms with Crippen molar-refractivity contribution in [1.29, 1.82) is 0 Å². The van der Waals surface area contributed by atoms with Gasteiger partial charge in [0.1, 0.15) is 5.69 Å². The van der Waals surface area contributed by atoms with Gasteiger partial charge in [-0.1, -0.05) is 12.1 Å². The molecular weight excluding hydrogens is 326 g/mol. The number of anilines is 2. The summed E-state index contributed by atoms with van der Waals surface area (Å²) in [4.78, 5) is 25.5. The number of nitrogens with zero attached hydrogens (tertiary/aromatic N) is 3. The van der Waals surface area contributed by atoms with Crippen LogP contribution in [0.15, 0.2) is 48.7 Å². The molecule has 0 saturated carbocycles. The summed E-state index contributed by atoms with van der Waals surface area (Å²) >= 11 is 0. The Hall–Kier alpha value is -3.28. The summed E-state index contributed by atoms with van der Waals surface area (Å²) < 4.78 is 0. The molecule has 0 fully saturated rings. The van der Waals surface area contributed by atoms with Crippen LogP contribution in [0.4, 0.5) is 11.6 Å². The minimum absolute atomic E-state index is 0.263. The quantitative estimate of drug-likeness (QED) is 0.736. The maximum atomic E-state index is 12.6. The largest absolute Gasteiger partial charge is 0.349 e. The summed E-state index contributed by atoms with van der Waals surface area (Å²) in [5.41, 5.74) is 4.86. The summed E-state index contributed by atoms with van der Waals surface area (Å²) in [5, 5.41) is 6.01. The summed E-state index contributed by atoms with van der Waals surface area (Å²) in [6.45, 7) is 6.32. The van der Waals surface area contributed by atoms with E-state index in [9.17, 15) is 4.79 Å². The molecule has 0 aliphatic heterocycles. The van der Waals surface area contributed by atoms with Gasteiger partial charge in [-0.3, -0.25) is 9.78 Å². The summed E-state index contributed by atoms with van der Waals surface area (Å²) in [6, 6.07) is 13.3. The van der Waals surface area contributed by atoms with Gasteiger partial charge in [0, 0.05) is 17.6 Å². The first-order valence-corrected chi connectivity index (χ1v) is 8.39. The van der Waals surface area contributed by atoms with Gasteiger partial charge >= 0.3 is 0 Å². The van der Waals surface area contributed by atoms with Gasteiger partial charge in [-0.2, -0.15) is 0 Å². The van der Waals surface area contributed by atoms with Gasteiger partial charge < -0.3 is 10.6 Å². The third-order valence-electron chi connectivity index (χ3n) is 3.72. The first-order valence-electron chi connectivity index (χ1n) is 8.39. The number of amides is 1. The molecule has 3 aromatic rings. The second-order valence-corrected chi connectivity index (χ2v) is 6.22. The average Bonchev–Trinajstić information content (AvgIpc) is 2.59. The highest BCUT2D eigenvalue weighted by atomic mass is 16.1. The standard InChI is InChI=1S/C20H21N5O/c1-13-8-14(2)10-17(9-13)24-19(26)18-11-15(3)23-20(25-18)22-12-16-6-4-5-7-21-16/h4-11H,12H2,1-3H3,(H,24,26)(H,22,23,25). The molecule has 2 aromatic heterocycles. The van der Waals surface area contributed by atoms with Crippen LogP contribution in [0.5, 0.6) is 0 Å². The Morgan fingerprint density at radius 2 is 1.77 bits per heavy atom. The lowest BCUT2D eigenvalue weighted by Gasteiger charge is -2.10. The number of hydrogen-bond acceptors (Lipinski definition) is 5. The van der Waals surface area contributed by atoms with Crippen molar-refractivity contribution in [1.82, 2.24) is 15.0 Å². The van der Waals surface area contributed by atoms with Crippen LogP contribution in [-0.4, -0.2) is 20.9 Å². The van der Waals surface area contributed by atoms with E-state index in [-0.39, 0.29) is 5.91 Å². The minimum atomic E-state index is -0.263. The molecule has 0 spiro atoms. The molecule has 0 bridgehead atoms. The Morgan fingerprint density at radius 3 is 2.46 bits per heavy atom. The fourth-order valence-electron chi connectivity index (χ4n) is 2.68. The Bertz CT molecular complexity index is 904. The van der Waals surface area contributed by atoms with Crippen molar-refractivity contribution in [2.45, 2.75) is 27.3 Å². The second kappa shape index (κ2) is 7.74. The zero-order valence-corrected chi connectivity index (χ0v) is 15.1. The van der Waals surface area contributed by atoms with E-state index in [4.69, 9.17) is 0 Å². The molecule has 1 amide bonds. The van der Waals surface area contributed by atoms with E-state index >= 15 is 0 Å². The van der Waals surface area contributed by atoms with Crippen molar-refractivity contribution < 1.29 is 4.79 Å². The molecule has 0 aliphatic rings. The molecule has 0 saturated heterocycles. The number of aromatic nitrogens is 3. The van der Waals surface area contributed by atoms with Crippen molar-refractivity contribution in [3.63, 3.8) is 0 Å². The third-order valence-corrected chi connectivity index (χ3v) is 3.72. The van der Waals surface area contributed by atoms with Gasteiger partial charge in [0.25, 0.3) is 5.91 Å². The molecule has 0 atom stereocenters.